The van der Waals surface area contributed by atoms with Crippen LogP contribution in [0.5, 0.6) is 0 Å². The average molecular weight is 511 g/mol. The Kier molecular flexibility index (Phi) is 8.18. The number of anilines is 1. The second-order valence-corrected chi connectivity index (χ2v) is 11.3. The summed E-state index contributed by atoms with van der Waals surface area (Å²) in [6.45, 7) is -4.92. The summed E-state index contributed by atoms with van der Waals surface area (Å²) in [6.07, 6.45) is 0.338. The van der Waals surface area contributed by atoms with Gasteiger partial charge in [-0.15, -0.1) is 0 Å². The molecule has 4 atom stereocenters. The Morgan fingerprint density at radius 3 is 2.50 bits per heavy atom. The van der Waals surface area contributed by atoms with E-state index in [0.29, 0.717) is 11.2 Å². The average Bonchev–Trinajstić information content (AvgIpc) is 3.00. The Labute approximate surface area is 173 Å². The number of alkyl halides is 1. The van der Waals surface area contributed by atoms with Crippen LogP contribution >= 0.6 is 22.4 Å². The largest absolute Gasteiger partial charge is 0.488 e. The van der Waals surface area contributed by atoms with Crippen LogP contribution in [0.15, 0.2) is 12.7 Å². The van der Waals surface area contributed by atoms with Crippen molar-refractivity contribution in [3.63, 3.8) is 0 Å². The number of aromatic nitrogens is 4. The molecule has 0 aliphatic carbocycles. The van der Waals surface area contributed by atoms with Crippen LogP contribution in [0.25, 0.3) is 11.2 Å². The SMILES string of the molecule is C[C@@H](O[C@@H](CF)COP(O)(=S)OP(=O)(O)OP(=O)(O)O)n1cnc2c(N)ncnc21. The van der Waals surface area contributed by atoms with Gasteiger partial charge in [0.15, 0.2) is 11.5 Å². The molecule has 0 saturated heterocycles. The van der Waals surface area contributed by atoms with Gasteiger partial charge in [0, 0.05) is 0 Å². The van der Waals surface area contributed by atoms with Crippen molar-refractivity contribution in [2.24, 2.45) is 0 Å². The first-order chi connectivity index (χ1) is 13.7. The van der Waals surface area contributed by atoms with E-state index in [1.54, 1.807) is 0 Å². The predicted molar refractivity (Wildman–Crippen MR) is 102 cm³/mol. The lowest BCUT2D eigenvalue weighted by molar-refractivity contribution is -0.0693. The molecule has 0 aliphatic heterocycles. The third kappa shape index (κ3) is 7.34. The molecule has 0 radical (unpaired) electrons. The number of hydrogen-bond donors (Lipinski definition) is 5. The van der Waals surface area contributed by atoms with Crippen molar-refractivity contribution in [1.82, 2.24) is 19.5 Å². The minimum absolute atomic E-state index is 0.125. The zero-order valence-electron chi connectivity index (χ0n) is 15.0. The molecular formula is C10H17FN5O10P3S. The smallest absolute Gasteiger partial charge is 0.382 e. The molecule has 0 aliphatic rings. The van der Waals surface area contributed by atoms with Crippen LogP contribution in [0.2, 0.25) is 0 Å². The summed E-state index contributed by atoms with van der Waals surface area (Å²) in [5, 5.41) is 0. The van der Waals surface area contributed by atoms with E-state index in [0.717, 1.165) is 0 Å². The Morgan fingerprint density at radius 2 is 1.90 bits per heavy atom. The fraction of sp³-hybridized carbons (Fsp3) is 0.500. The van der Waals surface area contributed by atoms with Crippen molar-refractivity contribution in [3.05, 3.63) is 12.7 Å². The van der Waals surface area contributed by atoms with E-state index in [-0.39, 0.29) is 5.82 Å². The number of nitrogens with two attached hydrogens (primary N) is 1. The number of phosphoric acid groups is 2. The van der Waals surface area contributed by atoms with Gasteiger partial charge in [-0.05, 0) is 18.7 Å². The van der Waals surface area contributed by atoms with Gasteiger partial charge in [-0.2, -0.15) is 4.31 Å². The van der Waals surface area contributed by atoms with E-state index in [9.17, 15) is 23.3 Å². The van der Waals surface area contributed by atoms with Crippen molar-refractivity contribution < 1.29 is 51.0 Å². The summed E-state index contributed by atoms with van der Waals surface area (Å²) in [5.41, 5.74) is 6.28. The van der Waals surface area contributed by atoms with E-state index >= 15 is 0 Å². The van der Waals surface area contributed by atoms with Gasteiger partial charge in [0.2, 0.25) is 0 Å². The standard InChI is InChI=1S/C10H17FN5O10P3S/c1-6(16-5-15-8-9(12)13-4-14-10(8)16)24-7(2-11)3-23-29(22,30)26-28(20,21)25-27(17,18)19/h4-7H,2-3H2,1H3,(H,20,21)(H,22,30)(H2,12,13,14)(H2,17,18,19)/t6-,7+,29?/m1/s1. The summed E-state index contributed by atoms with van der Waals surface area (Å²) < 4.78 is 54.5. The minimum atomic E-state index is -5.47. The molecule has 6 N–H and O–H groups in total. The molecule has 20 heteroatoms. The molecule has 0 fully saturated rings. The van der Waals surface area contributed by atoms with Crippen LogP contribution < -0.4 is 5.73 Å². The zero-order chi connectivity index (χ0) is 22.7. The number of nitrogen functional groups attached to an aromatic ring is 1. The second kappa shape index (κ2) is 9.69. The van der Waals surface area contributed by atoms with Gasteiger partial charge in [0.1, 0.15) is 30.9 Å². The van der Waals surface area contributed by atoms with Crippen molar-refractivity contribution >= 4 is 51.2 Å². The predicted octanol–water partition coefficient (Wildman–Crippen LogP) is 0.741. The molecule has 2 heterocycles. The van der Waals surface area contributed by atoms with Crippen LogP contribution in [0, 0.1) is 0 Å². The van der Waals surface area contributed by atoms with E-state index in [1.807, 2.05) is 0 Å². The molecule has 15 nitrogen and oxygen atoms in total. The van der Waals surface area contributed by atoms with Gasteiger partial charge in [0.25, 0.3) is 0 Å². The van der Waals surface area contributed by atoms with E-state index in [1.165, 1.54) is 24.1 Å². The van der Waals surface area contributed by atoms with Gasteiger partial charge < -0.3 is 34.6 Å². The van der Waals surface area contributed by atoms with Gasteiger partial charge in [0.05, 0.1) is 12.9 Å². The Balaban J connectivity index is 2.01. The third-order valence-electron chi connectivity index (χ3n) is 3.18. The van der Waals surface area contributed by atoms with Gasteiger partial charge >= 0.3 is 22.4 Å². The Hall–Kier alpha value is -0.930. The van der Waals surface area contributed by atoms with E-state index in [2.05, 4.69) is 35.4 Å². The molecule has 0 aromatic carbocycles. The van der Waals surface area contributed by atoms with Crippen LogP contribution in [-0.4, -0.2) is 58.5 Å². The maximum absolute atomic E-state index is 13.3. The van der Waals surface area contributed by atoms with Crippen molar-refractivity contribution in [2.75, 3.05) is 19.0 Å². The number of halogens is 1. The van der Waals surface area contributed by atoms with Crippen molar-refractivity contribution in [1.29, 1.82) is 0 Å². The molecule has 2 rings (SSSR count). The summed E-state index contributed by atoms with van der Waals surface area (Å²) in [6, 6.07) is 0. The Morgan fingerprint density at radius 1 is 1.23 bits per heavy atom. The number of fused-ring (bicyclic) bond motifs is 1. The first kappa shape index (κ1) is 25.3. The molecular weight excluding hydrogens is 494 g/mol. The highest BCUT2D eigenvalue weighted by Crippen LogP contribution is 2.66. The monoisotopic (exact) mass is 511 g/mol. The van der Waals surface area contributed by atoms with Crippen molar-refractivity contribution in [3.8, 4) is 0 Å². The number of imidazole rings is 1. The molecule has 0 spiro atoms. The van der Waals surface area contributed by atoms with Crippen LogP contribution in [-0.2, 0) is 38.8 Å². The highest BCUT2D eigenvalue weighted by atomic mass is 32.5. The maximum Gasteiger partial charge on any atom is 0.488 e. The highest BCUT2D eigenvalue weighted by molar-refractivity contribution is 8.08. The molecule has 0 saturated carbocycles. The summed E-state index contributed by atoms with van der Waals surface area (Å²) >= 11 is 4.45. The molecule has 30 heavy (non-hydrogen) atoms. The lowest BCUT2D eigenvalue weighted by Gasteiger charge is -2.24. The summed E-state index contributed by atoms with van der Waals surface area (Å²) in [7, 11) is -10.9. The normalized spacial score (nSPS) is 18.6. The van der Waals surface area contributed by atoms with Crippen LogP contribution in [0.4, 0.5) is 10.2 Å². The molecule has 2 aromatic heterocycles. The van der Waals surface area contributed by atoms with E-state index < -0.39 is 48.0 Å². The van der Waals surface area contributed by atoms with Gasteiger partial charge in [-0.3, -0.25) is 4.57 Å². The minimum Gasteiger partial charge on any atom is -0.382 e. The van der Waals surface area contributed by atoms with Gasteiger partial charge in [-0.25, -0.2) is 32.8 Å². The third-order valence-corrected chi connectivity index (χ3v) is 7.90. The van der Waals surface area contributed by atoms with Crippen molar-refractivity contribution in [2.45, 2.75) is 19.3 Å². The first-order valence-corrected chi connectivity index (χ1v) is 13.3. The number of ether oxygens (including phenoxy) is 1. The second-order valence-electron chi connectivity index (χ2n) is 5.48. The topological polar surface area (TPSA) is 222 Å². The van der Waals surface area contributed by atoms with E-state index in [4.69, 9.17) is 24.8 Å². The highest BCUT2D eigenvalue weighted by Gasteiger charge is 2.38. The maximum atomic E-state index is 13.3. The summed E-state index contributed by atoms with van der Waals surface area (Å²) in [4.78, 5) is 47.8. The molecule has 0 bridgehead atoms. The quantitative estimate of drug-likeness (QED) is 0.263. The van der Waals surface area contributed by atoms with Crippen LogP contribution in [0.3, 0.4) is 0 Å². The molecule has 170 valence electrons. The lowest BCUT2D eigenvalue weighted by atomic mass is 10.4. The number of nitrogens with zero attached hydrogens (tertiary/aromatic N) is 4. The first-order valence-electron chi connectivity index (χ1n) is 7.66. The summed E-state index contributed by atoms with van der Waals surface area (Å²) in [5.74, 6) is 0.125. The Bertz CT molecular complexity index is 1040. The number of hydrogen-bond acceptors (Lipinski definition) is 11. The molecule has 0 amide bonds. The van der Waals surface area contributed by atoms with Gasteiger partial charge in [-0.1, -0.05) is 0 Å². The zero-order valence-corrected chi connectivity index (χ0v) is 18.5. The molecule has 2 aromatic rings. The lowest BCUT2D eigenvalue weighted by Crippen LogP contribution is -2.25. The fourth-order valence-corrected chi connectivity index (χ4v) is 6.07. The fourth-order valence-electron chi connectivity index (χ4n) is 2.08. The van der Waals surface area contributed by atoms with Crippen LogP contribution in [0.1, 0.15) is 13.2 Å². The number of rotatable bonds is 11. The molecule has 2 unspecified atom stereocenters.